The lowest BCUT2D eigenvalue weighted by Gasteiger charge is -2.12. The maximum absolute atomic E-state index is 12.2. The van der Waals surface area contributed by atoms with Crippen LogP contribution in [0.2, 0.25) is 0 Å². The summed E-state index contributed by atoms with van der Waals surface area (Å²) in [6, 6.07) is 12.1. The van der Waals surface area contributed by atoms with Gasteiger partial charge in [-0.3, -0.25) is 4.79 Å². The third-order valence-corrected chi connectivity index (χ3v) is 3.91. The lowest BCUT2D eigenvalue weighted by Crippen LogP contribution is -1.98. The Morgan fingerprint density at radius 1 is 1.32 bits per heavy atom. The van der Waals surface area contributed by atoms with Gasteiger partial charge in [-0.1, -0.05) is 18.7 Å². The van der Waals surface area contributed by atoms with Crippen molar-refractivity contribution in [3.8, 4) is 17.6 Å². The van der Waals surface area contributed by atoms with Crippen LogP contribution in [0.3, 0.4) is 0 Å². The quantitative estimate of drug-likeness (QED) is 0.382. The van der Waals surface area contributed by atoms with Crippen molar-refractivity contribution in [1.29, 1.82) is 5.26 Å². The van der Waals surface area contributed by atoms with Gasteiger partial charge in [0, 0.05) is 5.56 Å². The van der Waals surface area contributed by atoms with E-state index in [0.717, 1.165) is 10.0 Å². The van der Waals surface area contributed by atoms with Crippen LogP contribution in [0.1, 0.15) is 21.5 Å². The summed E-state index contributed by atoms with van der Waals surface area (Å²) >= 11 is 3.45. The number of nitriles is 1. The van der Waals surface area contributed by atoms with Gasteiger partial charge >= 0.3 is 0 Å². The van der Waals surface area contributed by atoms with E-state index in [1.165, 1.54) is 6.08 Å². The number of methoxy groups -OCH3 is 1. The molecule has 2 aromatic carbocycles. The van der Waals surface area contributed by atoms with Gasteiger partial charge in [0.25, 0.3) is 0 Å². The van der Waals surface area contributed by atoms with Gasteiger partial charge in [-0.05, 0) is 64.0 Å². The number of halogens is 1. The maximum Gasteiger partial charge on any atom is 0.185 e. The highest BCUT2D eigenvalue weighted by atomic mass is 79.9. The maximum atomic E-state index is 12.2. The number of rotatable bonds is 7. The third-order valence-electron chi connectivity index (χ3n) is 3.32. The number of carbonyl (C=O) groups is 1. The first-order valence-electron chi connectivity index (χ1n) is 7.43. The summed E-state index contributed by atoms with van der Waals surface area (Å²) in [5.74, 6) is 0.992. The molecule has 5 heteroatoms. The van der Waals surface area contributed by atoms with Gasteiger partial charge in [0.1, 0.15) is 6.61 Å². The molecule has 0 aliphatic rings. The summed E-state index contributed by atoms with van der Waals surface area (Å²) in [5, 5.41) is 8.79. The largest absolute Gasteiger partial charge is 0.493 e. The fourth-order valence-electron chi connectivity index (χ4n) is 2.10. The molecule has 0 fully saturated rings. The third kappa shape index (κ3) is 4.82. The lowest BCUT2D eigenvalue weighted by atomic mass is 10.1. The summed E-state index contributed by atoms with van der Waals surface area (Å²) in [7, 11) is 1.55. The molecule has 25 heavy (non-hydrogen) atoms. The number of benzene rings is 2. The second-order valence-corrected chi connectivity index (χ2v) is 5.87. The number of ketones is 1. The van der Waals surface area contributed by atoms with E-state index in [9.17, 15) is 4.79 Å². The van der Waals surface area contributed by atoms with Crippen LogP contribution < -0.4 is 9.47 Å². The number of hydrogen-bond donors (Lipinski definition) is 0. The van der Waals surface area contributed by atoms with Crippen molar-refractivity contribution in [2.45, 2.75) is 0 Å². The van der Waals surface area contributed by atoms with Crippen molar-refractivity contribution in [2.75, 3.05) is 13.7 Å². The molecule has 2 aromatic rings. The van der Waals surface area contributed by atoms with Gasteiger partial charge < -0.3 is 9.47 Å². The minimum absolute atomic E-state index is 0.147. The van der Waals surface area contributed by atoms with Crippen molar-refractivity contribution in [2.24, 2.45) is 0 Å². The lowest BCUT2D eigenvalue weighted by molar-refractivity contribution is 0.104. The van der Waals surface area contributed by atoms with Gasteiger partial charge in [-0.15, -0.1) is 0 Å². The smallest absolute Gasteiger partial charge is 0.185 e. The molecule has 0 atom stereocenters. The highest BCUT2D eigenvalue weighted by Gasteiger charge is 2.10. The number of allylic oxidation sites excluding steroid dienone is 1. The zero-order valence-corrected chi connectivity index (χ0v) is 15.2. The van der Waals surface area contributed by atoms with Gasteiger partial charge in [-0.2, -0.15) is 5.26 Å². The molecule has 0 heterocycles. The number of carbonyl (C=O) groups excluding carboxylic acids is 1. The van der Waals surface area contributed by atoms with Crippen molar-refractivity contribution in [3.63, 3.8) is 0 Å². The van der Waals surface area contributed by atoms with Gasteiger partial charge in [0.2, 0.25) is 0 Å². The van der Waals surface area contributed by atoms with Crippen LogP contribution in [0.25, 0.3) is 6.08 Å². The van der Waals surface area contributed by atoms with Crippen LogP contribution in [0, 0.1) is 11.3 Å². The molecule has 0 saturated carbocycles. The van der Waals surface area contributed by atoms with E-state index >= 15 is 0 Å². The number of ether oxygens (including phenoxy) is 2. The van der Waals surface area contributed by atoms with E-state index in [1.807, 2.05) is 12.1 Å². The fraction of sp³-hybridized carbons (Fsp3) is 0.100. The molecule has 0 N–H and O–H groups in total. The Bertz CT molecular complexity index is 848. The Morgan fingerprint density at radius 2 is 2.04 bits per heavy atom. The molecular weight excluding hydrogens is 382 g/mol. The van der Waals surface area contributed by atoms with Crippen LogP contribution in [-0.4, -0.2) is 19.5 Å². The molecule has 0 bridgehead atoms. The van der Waals surface area contributed by atoms with E-state index < -0.39 is 0 Å². The SMILES string of the molecule is C=CCOc1c(Br)cc(/C=C/C(=O)c2ccc(C#N)cc2)cc1OC. The number of nitrogens with zero attached hydrogens (tertiary/aromatic N) is 1. The van der Waals surface area contributed by atoms with Crippen molar-refractivity contribution >= 4 is 27.8 Å². The zero-order valence-electron chi connectivity index (χ0n) is 13.7. The first-order valence-corrected chi connectivity index (χ1v) is 8.22. The Hall–Kier alpha value is -2.84. The molecule has 4 nitrogen and oxygen atoms in total. The topological polar surface area (TPSA) is 59.3 Å². The molecular formula is C20H16BrNO3. The van der Waals surface area contributed by atoms with Crippen LogP contribution in [0.15, 0.2) is 59.6 Å². The Morgan fingerprint density at radius 3 is 2.64 bits per heavy atom. The van der Waals surface area contributed by atoms with Crippen LogP contribution >= 0.6 is 15.9 Å². The molecule has 0 aliphatic heterocycles. The van der Waals surface area contributed by atoms with Crippen molar-refractivity contribution in [1.82, 2.24) is 0 Å². The average Bonchev–Trinajstić information content (AvgIpc) is 2.64. The van der Waals surface area contributed by atoms with Crippen LogP contribution in [0.4, 0.5) is 0 Å². The first kappa shape index (κ1) is 18.5. The van der Waals surface area contributed by atoms with E-state index in [-0.39, 0.29) is 5.78 Å². The molecule has 0 unspecified atom stereocenters. The van der Waals surface area contributed by atoms with E-state index in [2.05, 4.69) is 22.5 Å². The van der Waals surface area contributed by atoms with Crippen molar-refractivity contribution in [3.05, 3.63) is 76.3 Å². The minimum atomic E-state index is -0.147. The normalized spacial score (nSPS) is 10.3. The summed E-state index contributed by atoms with van der Waals surface area (Å²) < 4.78 is 11.6. The summed E-state index contributed by atoms with van der Waals surface area (Å²) in [4.78, 5) is 12.2. The standard InChI is InChI=1S/C20H16BrNO3/c1-3-10-25-20-17(21)11-15(12-19(20)24-2)6-9-18(23)16-7-4-14(13-22)5-8-16/h3-9,11-12H,1,10H2,2H3/b9-6+. The predicted octanol–water partition coefficient (Wildman–Crippen LogP) is 4.79. The van der Waals surface area contributed by atoms with Crippen LogP contribution in [-0.2, 0) is 0 Å². The van der Waals surface area contributed by atoms with E-state index in [1.54, 1.807) is 49.6 Å². The second-order valence-electron chi connectivity index (χ2n) is 5.02. The first-order chi connectivity index (χ1) is 12.1. The van der Waals surface area contributed by atoms with Crippen LogP contribution in [0.5, 0.6) is 11.5 Å². The molecule has 126 valence electrons. The van der Waals surface area contributed by atoms with E-state index in [4.69, 9.17) is 14.7 Å². The minimum Gasteiger partial charge on any atom is -0.493 e. The van der Waals surface area contributed by atoms with Crippen molar-refractivity contribution < 1.29 is 14.3 Å². The predicted molar refractivity (Wildman–Crippen MR) is 101 cm³/mol. The summed E-state index contributed by atoms with van der Waals surface area (Å²) in [6.45, 7) is 3.98. The molecule has 0 spiro atoms. The second kappa shape index (κ2) is 8.86. The fourth-order valence-corrected chi connectivity index (χ4v) is 2.67. The highest BCUT2D eigenvalue weighted by Crippen LogP contribution is 2.37. The van der Waals surface area contributed by atoms with E-state index in [0.29, 0.717) is 29.2 Å². The monoisotopic (exact) mass is 397 g/mol. The number of hydrogen-bond acceptors (Lipinski definition) is 4. The Labute approximate surface area is 155 Å². The average molecular weight is 398 g/mol. The zero-order chi connectivity index (χ0) is 18.2. The molecule has 0 aliphatic carbocycles. The van der Waals surface area contributed by atoms with Gasteiger partial charge in [-0.25, -0.2) is 0 Å². The molecule has 2 rings (SSSR count). The van der Waals surface area contributed by atoms with Gasteiger partial charge in [0.15, 0.2) is 17.3 Å². The molecule has 0 aromatic heterocycles. The summed E-state index contributed by atoms with van der Waals surface area (Å²) in [6.07, 6.45) is 4.83. The molecule has 0 amide bonds. The Kier molecular flexibility index (Phi) is 6.55. The highest BCUT2D eigenvalue weighted by molar-refractivity contribution is 9.10. The van der Waals surface area contributed by atoms with Gasteiger partial charge in [0.05, 0.1) is 23.2 Å². The molecule has 0 saturated heterocycles. The summed E-state index contributed by atoms with van der Waals surface area (Å²) in [5.41, 5.74) is 1.83. The molecule has 0 radical (unpaired) electrons. The Balaban J connectivity index is 2.22.